The molecule has 0 unspecified atom stereocenters. The molecule has 2 atom stereocenters. The van der Waals surface area contributed by atoms with E-state index in [1.165, 1.54) is 29.2 Å². The van der Waals surface area contributed by atoms with E-state index in [-0.39, 0.29) is 48.9 Å². The molecule has 1 N–H and O–H groups in total. The van der Waals surface area contributed by atoms with Gasteiger partial charge in [0, 0.05) is 19.5 Å². The Morgan fingerprint density at radius 1 is 1.21 bits per heavy atom. The van der Waals surface area contributed by atoms with Crippen LogP contribution in [0.2, 0.25) is 0 Å². The Bertz CT molecular complexity index is 872. The minimum Gasteiger partial charge on any atom is -0.354 e. The molecular formula is C21H23F2N3O2. The van der Waals surface area contributed by atoms with Crippen LogP contribution in [0.1, 0.15) is 18.0 Å². The number of rotatable bonds is 6. The molecule has 28 heavy (non-hydrogen) atoms. The van der Waals surface area contributed by atoms with Gasteiger partial charge in [0.05, 0.1) is 17.6 Å². The van der Waals surface area contributed by atoms with E-state index in [1.807, 2.05) is 19.0 Å². The van der Waals surface area contributed by atoms with Crippen LogP contribution in [-0.4, -0.2) is 43.9 Å². The Hall–Kier alpha value is -2.80. The second-order valence-electron chi connectivity index (χ2n) is 7.14. The third-order valence-electron chi connectivity index (χ3n) is 4.97. The molecule has 1 aliphatic rings. The SMILES string of the molecule is CN(C)[C@H](CNC(=O)[C@H]1CC(=O)N(c2ccccc2F)C1)c1cccc(F)c1. The number of amides is 2. The fourth-order valence-electron chi connectivity index (χ4n) is 3.44. The summed E-state index contributed by atoms with van der Waals surface area (Å²) in [6.07, 6.45) is 0.0345. The van der Waals surface area contributed by atoms with Crippen molar-refractivity contribution in [2.45, 2.75) is 12.5 Å². The highest BCUT2D eigenvalue weighted by atomic mass is 19.1. The van der Waals surface area contributed by atoms with Crippen LogP contribution in [0.5, 0.6) is 0 Å². The second-order valence-corrected chi connectivity index (χ2v) is 7.14. The summed E-state index contributed by atoms with van der Waals surface area (Å²) in [7, 11) is 3.70. The van der Waals surface area contributed by atoms with Crippen molar-refractivity contribution in [3.8, 4) is 0 Å². The van der Waals surface area contributed by atoms with E-state index >= 15 is 0 Å². The van der Waals surface area contributed by atoms with Crippen LogP contribution in [0.3, 0.4) is 0 Å². The highest BCUT2D eigenvalue weighted by molar-refractivity contribution is 6.00. The lowest BCUT2D eigenvalue weighted by molar-refractivity contribution is -0.126. The van der Waals surface area contributed by atoms with Gasteiger partial charge in [0.1, 0.15) is 11.6 Å². The van der Waals surface area contributed by atoms with Gasteiger partial charge in [0.15, 0.2) is 0 Å². The van der Waals surface area contributed by atoms with Crippen molar-refractivity contribution in [3.05, 3.63) is 65.7 Å². The number of likely N-dealkylation sites (N-methyl/N-ethyl adjacent to an activating group) is 1. The van der Waals surface area contributed by atoms with Crippen LogP contribution in [-0.2, 0) is 9.59 Å². The lowest BCUT2D eigenvalue weighted by atomic mass is 10.0. The molecule has 3 rings (SSSR count). The molecule has 2 aromatic carbocycles. The first-order chi connectivity index (χ1) is 13.4. The molecule has 0 saturated carbocycles. The molecule has 0 radical (unpaired) electrons. The molecule has 1 fully saturated rings. The van der Waals surface area contributed by atoms with Crippen molar-refractivity contribution < 1.29 is 18.4 Å². The fraction of sp³-hybridized carbons (Fsp3) is 0.333. The maximum absolute atomic E-state index is 14.0. The molecule has 1 heterocycles. The summed E-state index contributed by atoms with van der Waals surface area (Å²) in [5.41, 5.74) is 0.939. The number of hydrogen-bond donors (Lipinski definition) is 1. The average Bonchev–Trinajstić information content (AvgIpc) is 3.03. The summed E-state index contributed by atoms with van der Waals surface area (Å²) in [5.74, 6) is -1.93. The number of carbonyl (C=O) groups excluding carboxylic acids is 2. The van der Waals surface area contributed by atoms with E-state index in [4.69, 9.17) is 0 Å². The highest BCUT2D eigenvalue weighted by Gasteiger charge is 2.36. The van der Waals surface area contributed by atoms with E-state index in [0.29, 0.717) is 0 Å². The largest absolute Gasteiger partial charge is 0.354 e. The van der Waals surface area contributed by atoms with E-state index in [9.17, 15) is 18.4 Å². The van der Waals surface area contributed by atoms with Gasteiger partial charge in [-0.15, -0.1) is 0 Å². The Labute approximate surface area is 162 Å². The van der Waals surface area contributed by atoms with Gasteiger partial charge in [0.2, 0.25) is 11.8 Å². The lowest BCUT2D eigenvalue weighted by Gasteiger charge is -2.25. The summed E-state index contributed by atoms with van der Waals surface area (Å²) in [5, 5.41) is 2.86. The minimum absolute atomic E-state index is 0.0345. The molecule has 2 amide bonds. The number of nitrogens with zero attached hydrogens (tertiary/aromatic N) is 2. The predicted molar refractivity (Wildman–Crippen MR) is 103 cm³/mol. The van der Waals surface area contributed by atoms with Crippen LogP contribution < -0.4 is 10.2 Å². The van der Waals surface area contributed by atoms with Crippen molar-refractivity contribution in [1.82, 2.24) is 10.2 Å². The third kappa shape index (κ3) is 4.36. The molecule has 1 saturated heterocycles. The number of carbonyl (C=O) groups is 2. The Morgan fingerprint density at radius 2 is 1.96 bits per heavy atom. The van der Waals surface area contributed by atoms with Gasteiger partial charge in [-0.25, -0.2) is 8.78 Å². The molecule has 2 aromatic rings. The molecule has 0 spiro atoms. The van der Waals surface area contributed by atoms with E-state index in [2.05, 4.69) is 5.32 Å². The van der Waals surface area contributed by atoms with Crippen molar-refractivity contribution in [2.75, 3.05) is 32.1 Å². The number of anilines is 1. The zero-order valence-corrected chi connectivity index (χ0v) is 15.9. The normalized spacial score (nSPS) is 17.8. The summed E-state index contributed by atoms with van der Waals surface area (Å²) in [6.45, 7) is 0.415. The quantitative estimate of drug-likeness (QED) is 0.829. The third-order valence-corrected chi connectivity index (χ3v) is 4.97. The molecular weight excluding hydrogens is 364 g/mol. The first-order valence-corrected chi connectivity index (χ1v) is 9.11. The van der Waals surface area contributed by atoms with Gasteiger partial charge >= 0.3 is 0 Å². The topological polar surface area (TPSA) is 52.7 Å². The van der Waals surface area contributed by atoms with E-state index < -0.39 is 11.7 Å². The van der Waals surface area contributed by atoms with Gasteiger partial charge in [-0.05, 0) is 43.9 Å². The maximum Gasteiger partial charge on any atom is 0.227 e. The maximum atomic E-state index is 14.0. The van der Waals surface area contributed by atoms with Crippen LogP contribution >= 0.6 is 0 Å². The molecule has 0 bridgehead atoms. The molecule has 0 aliphatic carbocycles. The smallest absolute Gasteiger partial charge is 0.227 e. The number of para-hydroxylation sites is 1. The van der Waals surface area contributed by atoms with Crippen LogP contribution in [0.4, 0.5) is 14.5 Å². The summed E-state index contributed by atoms with van der Waals surface area (Å²) in [6, 6.07) is 12.1. The second kappa shape index (κ2) is 8.48. The number of benzene rings is 2. The van der Waals surface area contributed by atoms with Crippen molar-refractivity contribution >= 4 is 17.5 Å². The molecule has 5 nitrogen and oxygen atoms in total. The Morgan fingerprint density at radius 3 is 2.64 bits per heavy atom. The van der Waals surface area contributed by atoms with Gasteiger partial charge in [-0.1, -0.05) is 24.3 Å². The number of halogens is 2. The fourth-order valence-corrected chi connectivity index (χ4v) is 3.44. The Balaban J connectivity index is 1.65. The van der Waals surface area contributed by atoms with E-state index in [0.717, 1.165) is 5.56 Å². The zero-order chi connectivity index (χ0) is 20.3. The number of hydrogen-bond acceptors (Lipinski definition) is 3. The predicted octanol–water partition coefficient (Wildman–Crippen LogP) is 2.74. The first-order valence-electron chi connectivity index (χ1n) is 9.11. The monoisotopic (exact) mass is 387 g/mol. The van der Waals surface area contributed by atoms with Gasteiger partial charge in [-0.2, -0.15) is 0 Å². The van der Waals surface area contributed by atoms with Crippen LogP contribution in [0.15, 0.2) is 48.5 Å². The highest BCUT2D eigenvalue weighted by Crippen LogP contribution is 2.27. The zero-order valence-electron chi connectivity index (χ0n) is 15.9. The lowest BCUT2D eigenvalue weighted by Crippen LogP contribution is -2.38. The van der Waals surface area contributed by atoms with Crippen LogP contribution in [0.25, 0.3) is 0 Å². The molecule has 148 valence electrons. The standard InChI is InChI=1S/C21H23F2N3O2/c1-25(2)19(14-6-5-7-16(22)10-14)12-24-21(28)15-11-20(27)26(13-15)18-9-4-3-8-17(18)23/h3-10,15,19H,11-13H2,1-2H3,(H,24,28)/t15-,19+/m0/s1. The van der Waals surface area contributed by atoms with Gasteiger partial charge in [-0.3, -0.25) is 9.59 Å². The molecule has 7 heteroatoms. The van der Waals surface area contributed by atoms with Crippen molar-refractivity contribution in [2.24, 2.45) is 5.92 Å². The number of nitrogens with one attached hydrogen (secondary N) is 1. The van der Waals surface area contributed by atoms with Gasteiger partial charge in [0.25, 0.3) is 0 Å². The molecule has 0 aromatic heterocycles. The van der Waals surface area contributed by atoms with Crippen molar-refractivity contribution in [1.29, 1.82) is 0 Å². The Kier molecular flexibility index (Phi) is 6.04. The average molecular weight is 387 g/mol. The minimum atomic E-state index is -0.553. The molecule has 1 aliphatic heterocycles. The van der Waals surface area contributed by atoms with Gasteiger partial charge < -0.3 is 15.1 Å². The summed E-state index contributed by atoms with van der Waals surface area (Å²) >= 11 is 0. The first kappa shape index (κ1) is 19.9. The summed E-state index contributed by atoms with van der Waals surface area (Å²) < 4.78 is 27.5. The van der Waals surface area contributed by atoms with Crippen LogP contribution in [0, 0.1) is 17.6 Å². The van der Waals surface area contributed by atoms with E-state index in [1.54, 1.807) is 24.3 Å². The summed E-state index contributed by atoms with van der Waals surface area (Å²) in [4.78, 5) is 28.1. The van der Waals surface area contributed by atoms with Crippen molar-refractivity contribution in [3.63, 3.8) is 0 Å².